The predicted molar refractivity (Wildman–Crippen MR) is 99.5 cm³/mol. The average molecular weight is 391 g/mol. The molecular weight excluding hydrogens is 369 g/mol. The Morgan fingerprint density at radius 2 is 2.00 bits per heavy atom. The maximum atomic E-state index is 13.6. The van der Waals surface area contributed by atoms with Crippen LogP contribution in [0, 0.1) is 5.82 Å². The van der Waals surface area contributed by atoms with E-state index >= 15 is 0 Å². The molecule has 4 rings (SSSR count). The highest BCUT2D eigenvalue weighted by Gasteiger charge is 2.27. The lowest BCUT2D eigenvalue weighted by Gasteiger charge is -2.27. The minimum Gasteiger partial charge on any atom is -0.379 e. The highest BCUT2D eigenvalue weighted by Crippen LogP contribution is 2.32. The summed E-state index contributed by atoms with van der Waals surface area (Å²) < 4.78 is 45.6. The van der Waals surface area contributed by atoms with Crippen molar-refractivity contribution in [3.8, 4) is 0 Å². The number of fused-ring (bicyclic) bond motifs is 1. The summed E-state index contributed by atoms with van der Waals surface area (Å²) in [6.07, 6.45) is 4.21. The number of pyridine rings is 1. The smallest absolute Gasteiger partial charge is 0.244 e. The number of hydrogen-bond acceptors (Lipinski definition) is 5. The van der Waals surface area contributed by atoms with Gasteiger partial charge >= 0.3 is 0 Å². The highest BCUT2D eigenvalue weighted by atomic mass is 32.2. The number of rotatable bonds is 4. The molecule has 2 aliphatic rings. The van der Waals surface area contributed by atoms with E-state index in [-0.39, 0.29) is 16.8 Å². The van der Waals surface area contributed by atoms with Crippen LogP contribution in [0.2, 0.25) is 0 Å². The van der Waals surface area contributed by atoms with Crippen LogP contribution in [0.4, 0.5) is 10.2 Å². The molecule has 1 atom stereocenters. The Balaban J connectivity index is 1.51. The number of hydrogen-bond donors (Lipinski definition) is 1. The first kappa shape index (κ1) is 18.3. The van der Waals surface area contributed by atoms with Gasteiger partial charge in [0, 0.05) is 19.3 Å². The monoisotopic (exact) mass is 391 g/mol. The van der Waals surface area contributed by atoms with Gasteiger partial charge < -0.3 is 10.1 Å². The lowest BCUT2D eigenvalue weighted by atomic mass is 9.87. The minimum absolute atomic E-state index is 0.0290. The largest absolute Gasteiger partial charge is 0.379 e. The molecule has 2 aromatic rings. The van der Waals surface area contributed by atoms with Crippen LogP contribution in [0.5, 0.6) is 0 Å². The Morgan fingerprint density at radius 1 is 1.19 bits per heavy atom. The molecule has 0 bridgehead atoms. The van der Waals surface area contributed by atoms with Gasteiger partial charge in [-0.2, -0.15) is 4.31 Å². The molecule has 1 fully saturated rings. The normalized spacial score (nSPS) is 20.9. The number of morpholine rings is 1. The van der Waals surface area contributed by atoms with Crippen molar-refractivity contribution in [1.29, 1.82) is 0 Å². The van der Waals surface area contributed by atoms with E-state index in [1.54, 1.807) is 18.2 Å². The zero-order chi connectivity index (χ0) is 18.9. The third-order valence-corrected chi connectivity index (χ3v) is 6.97. The van der Waals surface area contributed by atoms with Crippen LogP contribution >= 0.6 is 0 Å². The Kier molecular flexibility index (Phi) is 5.12. The molecule has 0 saturated carbocycles. The van der Waals surface area contributed by atoms with E-state index < -0.39 is 10.0 Å². The maximum absolute atomic E-state index is 13.6. The van der Waals surface area contributed by atoms with E-state index in [9.17, 15) is 12.8 Å². The van der Waals surface area contributed by atoms with Crippen LogP contribution in [0.25, 0.3) is 0 Å². The predicted octanol–water partition coefficient (Wildman–Crippen LogP) is 2.73. The third kappa shape index (κ3) is 3.83. The number of nitrogens with zero attached hydrogens (tertiary/aromatic N) is 2. The number of aryl methyl sites for hydroxylation is 1. The molecule has 0 spiro atoms. The molecule has 0 amide bonds. The van der Waals surface area contributed by atoms with Crippen LogP contribution in [0.3, 0.4) is 0 Å². The number of anilines is 1. The molecule has 1 unspecified atom stereocenters. The van der Waals surface area contributed by atoms with Crippen LogP contribution < -0.4 is 5.32 Å². The number of aromatic nitrogens is 1. The van der Waals surface area contributed by atoms with Gasteiger partial charge in [0.15, 0.2) is 0 Å². The van der Waals surface area contributed by atoms with E-state index in [4.69, 9.17) is 4.74 Å². The van der Waals surface area contributed by atoms with E-state index in [1.165, 1.54) is 16.6 Å². The molecule has 144 valence electrons. The second-order valence-corrected chi connectivity index (χ2v) is 8.77. The van der Waals surface area contributed by atoms with Gasteiger partial charge in [-0.1, -0.05) is 6.07 Å². The summed E-state index contributed by atoms with van der Waals surface area (Å²) in [7, 11) is -3.55. The van der Waals surface area contributed by atoms with Crippen molar-refractivity contribution < 1.29 is 17.5 Å². The fourth-order valence-corrected chi connectivity index (χ4v) is 5.01. The first-order chi connectivity index (χ1) is 13.0. The van der Waals surface area contributed by atoms with Crippen molar-refractivity contribution in [3.63, 3.8) is 0 Å². The Morgan fingerprint density at radius 3 is 2.74 bits per heavy atom. The van der Waals surface area contributed by atoms with Crippen molar-refractivity contribution in [2.24, 2.45) is 0 Å². The lowest BCUT2D eigenvalue weighted by molar-refractivity contribution is 0.0730. The zero-order valence-electron chi connectivity index (χ0n) is 14.9. The van der Waals surface area contributed by atoms with Crippen molar-refractivity contribution in [2.45, 2.75) is 30.2 Å². The average Bonchev–Trinajstić information content (AvgIpc) is 2.69. The van der Waals surface area contributed by atoms with Gasteiger partial charge in [-0.05, 0) is 54.7 Å². The Bertz CT molecular complexity index is 912. The molecule has 1 aromatic heterocycles. The summed E-state index contributed by atoms with van der Waals surface area (Å²) in [5.41, 5.74) is 2.10. The zero-order valence-corrected chi connectivity index (χ0v) is 15.7. The van der Waals surface area contributed by atoms with E-state index in [2.05, 4.69) is 10.3 Å². The fraction of sp³-hybridized carbons (Fsp3) is 0.421. The molecule has 0 radical (unpaired) electrons. The topological polar surface area (TPSA) is 71.5 Å². The van der Waals surface area contributed by atoms with Gasteiger partial charge in [0.05, 0.1) is 19.3 Å². The van der Waals surface area contributed by atoms with E-state index in [0.717, 1.165) is 30.4 Å². The van der Waals surface area contributed by atoms with Crippen molar-refractivity contribution in [1.82, 2.24) is 9.29 Å². The summed E-state index contributed by atoms with van der Waals surface area (Å²) in [5, 5.41) is 3.32. The molecule has 1 aliphatic carbocycles. The quantitative estimate of drug-likeness (QED) is 0.868. The molecule has 6 nitrogen and oxygen atoms in total. The standard InChI is InChI=1S/C19H22FN3O3S/c20-15-5-4-14-2-1-3-18(17(14)12-15)22-19-7-6-16(13-21-19)27(24,25)23-8-10-26-11-9-23/h4-7,12-13,18H,1-3,8-11H2,(H,21,22). The van der Waals surface area contributed by atoms with Gasteiger partial charge in [-0.25, -0.2) is 17.8 Å². The molecule has 8 heteroatoms. The highest BCUT2D eigenvalue weighted by molar-refractivity contribution is 7.89. The van der Waals surface area contributed by atoms with E-state index in [1.807, 2.05) is 6.07 Å². The van der Waals surface area contributed by atoms with Crippen molar-refractivity contribution >= 4 is 15.8 Å². The van der Waals surface area contributed by atoms with Gasteiger partial charge in [0.25, 0.3) is 0 Å². The summed E-state index contributed by atoms with van der Waals surface area (Å²) in [6, 6.07) is 8.10. The van der Waals surface area contributed by atoms with Crippen molar-refractivity contribution in [2.75, 3.05) is 31.6 Å². The number of benzene rings is 1. The minimum atomic E-state index is -3.55. The first-order valence-corrected chi connectivity index (χ1v) is 10.6. The second kappa shape index (κ2) is 7.53. The summed E-state index contributed by atoms with van der Waals surface area (Å²) in [6.45, 7) is 1.52. The van der Waals surface area contributed by atoms with Crippen molar-refractivity contribution in [3.05, 3.63) is 53.5 Å². The molecule has 27 heavy (non-hydrogen) atoms. The van der Waals surface area contributed by atoms with Gasteiger partial charge in [-0.3, -0.25) is 0 Å². The van der Waals surface area contributed by atoms with Crippen LogP contribution in [-0.4, -0.2) is 44.0 Å². The molecule has 1 saturated heterocycles. The fourth-order valence-electron chi connectivity index (χ4n) is 3.65. The maximum Gasteiger partial charge on any atom is 0.244 e. The van der Waals surface area contributed by atoms with E-state index in [0.29, 0.717) is 32.1 Å². The number of halogens is 1. The molecular formula is C19H22FN3O3S. The van der Waals surface area contributed by atoms with Crippen LogP contribution in [-0.2, 0) is 21.2 Å². The SMILES string of the molecule is O=S(=O)(c1ccc(NC2CCCc3ccc(F)cc32)nc1)N1CCOCC1. The second-order valence-electron chi connectivity index (χ2n) is 6.83. The molecule has 1 N–H and O–H groups in total. The van der Waals surface area contributed by atoms with Gasteiger partial charge in [0.1, 0.15) is 16.5 Å². The number of ether oxygens (including phenoxy) is 1. The van der Waals surface area contributed by atoms with Crippen LogP contribution in [0.1, 0.15) is 30.0 Å². The molecule has 1 aliphatic heterocycles. The summed E-state index contributed by atoms with van der Waals surface area (Å²) in [4.78, 5) is 4.46. The third-order valence-electron chi connectivity index (χ3n) is 5.09. The summed E-state index contributed by atoms with van der Waals surface area (Å²) in [5.74, 6) is 0.334. The molecule has 1 aromatic carbocycles. The molecule has 2 heterocycles. The van der Waals surface area contributed by atoms with Gasteiger partial charge in [-0.15, -0.1) is 0 Å². The number of nitrogens with one attached hydrogen (secondary N) is 1. The Hall–Kier alpha value is -2.03. The lowest BCUT2D eigenvalue weighted by Crippen LogP contribution is -2.40. The van der Waals surface area contributed by atoms with Crippen LogP contribution in [0.15, 0.2) is 41.4 Å². The first-order valence-electron chi connectivity index (χ1n) is 9.13. The van der Waals surface area contributed by atoms with Gasteiger partial charge in [0.2, 0.25) is 10.0 Å². The number of sulfonamides is 1. The Labute approximate surface area is 158 Å². The summed E-state index contributed by atoms with van der Waals surface area (Å²) >= 11 is 0.